The van der Waals surface area contributed by atoms with Crippen LogP contribution < -0.4 is 10.9 Å². The van der Waals surface area contributed by atoms with Gasteiger partial charge in [0.25, 0.3) is 5.56 Å². The van der Waals surface area contributed by atoms with Gasteiger partial charge in [-0.1, -0.05) is 37.6 Å². The van der Waals surface area contributed by atoms with Crippen LogP contribution in [0, 0.1) is 18.7 Å². The molecule has 0 atom stereocenters. The highest BCUT2D eigenvalue weighted by Crippen LogP contribution is 2.16. The molecule has 6 heteroatoms. The topological polar surface area (TPSA) is 48.1 Å². The fourth-order valence-corrected chi connectivity index (χ4v) is 3.32. The average Bonchev–Trinajstić information content (AvgIpc) is 2.68. The van der Waals surface area contributed by atoms with Crippen molar-refractivity contribution in [3.63, 3.8) is 0 Å². The van der Waals surface area contributed by atoms with Crippen LogP contribution in [0.5, 0.6) is 0 Å². The van der Waals surface area contributed by atoms with Crippen LogP contribution in [0.15, 0.2) is 53.3 Å². The molecule has 0 aliphatic heterocycles. The zero-order valence-electron chi connectivity index (χ0n) is 17.0. The smallest absolute Gasteiger partial charge is 0.253 e. The van der Waals surface area contributed by atoms with Crippen molar-refractivity contribution in [1.82, 2.24) is 15.2 Å². The summed E-state index contributed by atoms with van der Waals surface area (Å²) in [5, 5.41) is 4.83. The number of halogens is 1. The number of hydrogen-bond acceptors (Lipinski definition) is 2. The van der Waals surface area contributed by atoms with Crippen LogP contribution in [-0.2, 0) is 13.1 Å². The summed E-state index contributed by atoms with van der Waals surface area (Å²) in [5.74, 6) is 0.162. The lowest BCUT2D eigenvalue weighted by Crippen LogP contribution is -2.41. The van der Waals surface area contributed by atoms with Crippen molar-refractivity contribution in [2.45, 2.75) is 33.9 Å². The Morgan fingerprint density at radius 3 is 2.55 bits per heavy atom. The molecule has 0 radical (unpaired) electrons. The normalized spacial score (nSPS) is 11.1. The van der Waals surface area contributed by atoms with Gasteiger partial charge in [0.2, 0.25) is 0 Å². The number of benzene rings is 2. The number of thiocarbonyl (C=S) groups is 1. The third kappa shape index (κ3) is 5.64. The van der Waals surface area contributed by atoms with Crippen LogP contribution in [0.3, 0.4) is 0 Å². The molecule has 0 aliphatic rings. The second-order valence-corrected chi connectivity index (χ2v) is 8.16. The number of H-pyrrole nitrogens is 1. The van der Waals surface area contributed by atoms with Crippen LogP contribution in [0.4, 0.5) is 4.39 Å². The molecule has 2 aromatic carbocycles. The molecule has 1 heterocycles. The van der Waals surface area contributed by atoms with Crippen LogP contribution in [0.1, 0.15) is 30.5 Å². The van der Waals surface area contributed by atoms with Gasteiger partial charge in [-0.05, 0) is 66.3 Å². The highest BCUT2D eigenvalue weighted by molar-refractivity contribution is 7.80. The summed E-state index contributed by atoms with van der Waals surface area (Å²) >= 11 is 5.61. The van der Waals surface area contributed by atoms with Gasteiger partial charge in [0.05, 0.1) is 6.54 Å². The van der Waals surface area contributed by atoms with Gasteiger partial charge in [0.15, 0.2) is 5.11 Å². The van der Waals surface area contributed by atoms with Gasteiger partial charge in [-0.2, -0.15) is 0 Å². The monoisotopic (exact) mass is 411 g/mol. The van der Waals surface area contributed by atoms with Gasteiger partial charge in [-0.15, -0.1) is 0 Å². The maximum atomic E-state index is 13.3. The van der Waals surface area contributed by atoms with E-state index in [9.17, 15) is 9.18 Å². The first-order valence-electron chi connectivity index (χ1n) is 9.71. The van der Waals surface area contributed by atoms with Crippen LogP contribution in [-0.4, -0.2) is 21.5 Å². The van der Waals surface area contributed by atoms with E-state index in [1.165, 1.54) is 12.1 Å². The summed E-state index contributed by atoms with van der Waals surface area (Å²) in [7, 11) is 0. The fourth-order valence-electron chi connectivity index (χ4n) is 3.11. The molecular weight excluding hydrogens is 385 g/mol. The number of rotatable bonds is 6. The maximum Gasteiger partial charge on any atom is 0.253 e. The molecule has 0 aliphatic carbocycles. The largest absolute Gasteiger partial charge is 0.362 e. The molecular formula is C23H26FN3OS. The van der Waals surface area contributed by atoms with E-state index in [0.29, 0.717) is 29.7 Å². The van der Waals surface area contributed by atoms with E-state index in [0.717, 1.165) is 28.6 Å². The molecule has 0 saturated carbocycles. The van der Waals surface area contributed by atoms with E-state index in [-0.39, 0.29) is 11.4 Å². The number of nitrogens with zero attached hydrogens (tertiary/aromatic N) is 1. The zero-order chi connectivity index (χ0) is 21.0. The van der Waals surface area contributed by atoms with Crippen molar-refractivity contribution in [1.29, 1.82) is 0 Å². The number of aromatic amines is 1. The number of aryl methyl sites for hydroxylation is 1. The second-order valence-electron chi connectivity index (χ2n) is 7.78. The molecule has 0 fully saturated rings. The van der Waals surface area contributed by atoms with Gasteiger partial charge in [-0.3, -0.25) is 4.79 Å². The Hall–Kier alpha value is -2.73. The Labute approximate surface area is 175 Å². The van der Waals surface area contributed by atoms with E-state index >= 15 is 0 Å². The van der Waals surface area contributed by atoms with E-state index in [1.54, 1.807) is 12.1 Å². The minimum Gasteiger partial charge on any atom is -0.362 e. The summed E-state index contributed by atoms with van der Waals surface area (Å²) in [6, 6.07) is 14.2. The highest BCUT2D eigenvalue weighted by atomic mass is 32.1. The lowest BCUT2D eigenvalue weighted by atomic mass is 10.1. The van der Waals surface area contributed by atoms with Crippen LogP contribution in [0.25, 0.3) is 10.9 Å². The fraction of sp³-hybridized carbons (Fsp3) is 0.304. The van der Waals surface area contributed by atoms with Gasteiger partial charge >= 0.3 is 0 Å². The Balaban J connectivity index is 1.89. The maximum absolute atomic E-state index is 13.3. The molecule has 152 valence electrons. The number of nitrogens with one attached hydrogen (secondary N) is 2. The molecule has 3 aromatic rings. The SMILES string of the molecule is Cc1ccc2[nH]c(=O)c(CN(Cc3ccc(F)cc3)C(=S)NCC(C)C)cc2c1. The average molecular weight is 412 g/mol. The minimum atomic E-state index is -0.276. The Morgan fingerprint density at radius 2 is 1.86 bits per heavy atom. The van der Waals surface area contributed by atoms with Gasteiger partial charge in [-0.25, -0.2) is 4.39 Å². The summed E-state index contributed by atoms with van der Waals surface area (Å²) < 4.78 is 13.3. The second kappa shape index (κ2) is 9.18. The predicted molar refractivity (Wildman–Crippen MR) is 120 cm³/mol. The molecule has 1 aromatic heterocycles. The van der Waals surface area contributed by atoms with Crippen molar-refractivity contribution in [2.24, 2.45) is 5.92 Å². The number of pyridine rings is 1. The lowest BCUT2D eigenvalue weighted by molar-refractivity contribution is 0.394. The summed E-state index contributed by atoms with van der Waals surface area (Å²) in [4.78, 5) is 17.5. The first-order chi connectivity index (χ1) is 13.8. The summed E-state index contributed by atoms with van der Waals surface area (Å²) in [6.07, 6.45) is 0. The molecule has 3 rings (SSSR count). The Morgan fingerprint density at radius 1 is 1.14 bits per heavy atom. The molecule has 0 spiro atoms. The Kier molecular flexibility index (Phi) is 6.64. The van der Waals surface area contributed by atoms with E-state index in [1.807, 2.05) is 30.0 Å². The Bertz CT molecular complexity index is 1060. The van der Waals surface area contributed by atoms with Crippen molar-refractivity contribution >= 4 is 28.2 Å². The molecule has 0 saturated heterocycles. The number of hydrogen-bond donors (Lipinski definition) is 2. The molecule has 29 heavy (non-hydrogen) atoms. The standard InChI is InChI=1S/C23H26FN3OS/c1-15(2)12-25-23(29)27(13-17-5-7-20(24)8-6-17)14-19-11-18-10-16(3)4-9-21(18)26-22(19)28/h4-11,15H,12-14H2,1-3H3,(H,25,29)(H,26,28). The molecule has 0 bridgehead atoms. The van der Waals surface area contributed by atoms with E-state index in [2.05, 4.69) is 30.2 Å². The predicted octanol–water partition coefficient (Wildman–Crippen LogP) is 4.51. The van der Waals surface area contributed by atoms with Gasteiger partial charge in [0, 0.05) is 24.2 Å². The first-order valence-corrected chi connectivity index (χ1v) is 10.1. The zero-order valence-corrected chi connectivity index (χ0v) is 17.8. The lowest BCUT2D eigenvalue weighted by Gasteiger charge is -2.26. The van der Waals surface area contributed by atoms with Crippen molar-refractivity contribution in [3.8, 4) is 0 Å². The summed E-state index contributed by atoms with van der Waals surface area (Å²) in [6.45, 7) is 7.82. The minimum absolute atomic E-state index is 0.128. The molecule has 0 unspecified atom stereocenters. The highest BCUT2D eigenvalue weighted by Gasteiger charge is 2.14. The van der Waals surface area contributed by atoms with Gasteiger partial charge in [0.1, 0.15) is 5.82 Å². The molecule has 0 amide bonds. The van der Waals surface area contributed by atoms with Crippen LogP contribution in [0.2, 0.25) is 0 Å². The molecule has 4 nitrogen and oxygen atoms in total. The third-order valence-electron chi connectivity index (χ3n) is 4.67. The van der Waals surface area contributed by atoms with E-state index in [4.69, 9.17) is 12.2 Å². The quantitative estimate of drug-likeness (QED) is 0.586. The van der Waals surface area contributed by atoms with Crippen molar-refractivity contribution < 1.29 is 4.39 Å². The van der Waals surface area contributed by atoms with E-state index < -0.39 is 0 Å². The van der Waals surface area contributed by atoms with Crippen molar-refractivity contribution in [2.75, 3.05) is 6.54 Å². The first kappa shape index (κ1) is 21.0. The van der Waals surface area contributed by atoms with Gasteiger partial charge < -0.3 is 15.2 Å². The number of aromatic nitrogens is 1. The van der Waals surface area contributed by atoms with Crippen LogP contribution >= 0.6 is 12.2 Å². The summed E-state index contributed by atoms with van der Waals surface area (Å²) in [5.41, 5.74) is 3.38. The third-order valence-corrected chi connectivity index (χ3v) is 5.08. The van der Waals surface area contributed by atoms with Crippen molar-refractivity contribution in [3.05, 3.63) is 81.4 Å². The molecule has 2 N–H and O–H groups in total. The number of fused-ring (bicyclic) bond motifs is 1.